The van der Waals surface area contributed by atoms with E-state index in [-0.39, 0.29) is 40.0 Å². The van der Waals surface area contributed by atoms with Gasteiger partial charge in [-0.15, -0.1) is 0 Å². The highest BCUT2D eigenvalue weighted by molar-refractivity contribution is 6.32. The van der Waals surface area contributed by atoms with Crippen LogP contribution in [-0.2, 0) is 17.8 Å². The van der Waals surface area contributed by atoms with E-state index in [4.69, 9.17) is 26.6 Å². The molecule has 4 rings (SSSR count). The fourth-order valence-corrected chi connectivity index (χ4v) is 4.02. The van der Waals surface area contributed by atoms with Crippen LogP contribution in [0.25, 0.3) is 10.9 Å². The van der Waals surface area contributed by atoms with E-state index in [1.165, 1.54) is 43.6 Å². The number of pyridine rings is 2. The number of allylic oxidation sites excluding steroid dienone is 1. The van der Waals surface area contributed by atoms with Crippen LogP contribution in [0.4, 0.5) is 11.4 Å². The molecule has 1 N–H and O–H groups in total. The van der Waals surface area contributed by atoms with Crippen molar-refractivity contribution in [2.24, 2.45) is 0 Å². The lowest BCUT2D eigenvalue weighted by Crippen LogP contribution is -2.11. The number of aromatic nitrogens is 2. The van der Waals surface area contributed by atoms with Gasteiger partial charge in [-0.3, -0.25) is 14.8 Å². The van der Waals surface area contributed by atoms with Gasteiger partial charge < -0.3 is 19.7 Å². The minimum absolute atomic E-state index is 0.0718. The molecule has 40 heavy (non-hydrogen) atoms. The number of nitriles is 1. The Kier molecular flexibility index (Phi) is 7.95. The highest BCUT2D eigenvalue weighted by Crippen LogP contribution is 2.36. The second kappa shape index (κ2) is 13.6. The van der Waals surface area contributed by atoms with E-state index in [9.17, 15) is 10.1 Å². The Bertz CT molecular complexity index is 1740. The Morgan fingerprint density at radius 1 is 1.18 bits per heavy atom. The maximum absolute atomic E-state index is 12.8. The summed E-state index contributed by atoms with van der Waals surface area (Å²) in [4.78, 5) is 23.1. The van der Waals surface area contributed by atoms with Crippen molar-refractivity contribution in [2.75, 3.05) is 32.5 Å². The minimum atomic E-state index is -2.24. The second-order valence-corrected chi connectivity index (χ2v) is 9.35. The molecule has 4 aromatic rings. The summed E-state index contributed by atoms with van der Waals surface area (Å²) in [5.74, 6) is 0.0421. The molecule has 0 radical (unpaired) electrons. The number of ketones is 1. The number of carbonyl (C=O) groups excluding carboxylic acids is 1. The van der Waals surface area contributed by atoms with E-state index in [2.05, 4.69) is 21.4 Å². The summed E-state index contributed by atoms with van der Waals surface area (Å²) in [7, 11) is 3.77. The summed E-state index contributed by atoms with van der Waals surface area (Å²) in [6.45, 7) is -2.42. The number of nitrogens with zero attached hydrogens (tertiary/aromatic N) is 4. The monoisotopic (exact) mass is 559 g/mol. The molecule has 2 aromatic heterocycles. The van der Waals surface area contributed by atoms with Crippen molar-refractivity contribution in [3.05, 3.63) is 94.9 Å². The quantitative estimate of drug-likeness (QED) is 0.208. The van der Waals surface area contributed by atoms with Crippen LogP contribution in [0.15, 0.2) is 73.1 Å². The Labute approximate surface area is 244 Å². The Hall–Kier alpha value is -4.45. The molecule has 204 valence electrons. The largest absolute Gasteiger partial charge is 0.494 e. The van der Waals surface area contributed by atoms with Gasteiger partial charge in [0.1, 0.15) is 24.1 Å². The van der Waals surface area contributed by atoms with Crippen molar-refractivity contribution in [3.63, 3.8) is 0 Å². The number of likely N-dealkylation sites (N-methyl/N-ethyl adjacent to an activating group) is 1. The first-order valence-electron chi connectivity index (χ1n) is 14.3. The van der Waals surface area contributed by atoms with Gasteiger partial charge in [-0.25, -0.2) is 0 Å². The van der Waals surface area contributed by atoms with Crippen molar-refractivity contribution >= 4 is 39.7 Å². The van der Waals surface area contributed by atoms with Crippen molar-refractivity contribution in [3.8, 4) is 17.6 Å². The zero-order valence-corrected chi connectivity index (χ0v) is 23.0. The van der Waals surface area contributed by atoms with Crippen molar-refractivity contribution in [2.45, 2.75) is 19.9 Å². The molecule has 8 nitrogen and oxygen atoms in total. The fraction of sp³-hybridized carbons (Fsp3) is 0.226. The molecule has 0 unspecified atom stereocenters. The zero-order chi connectivity index (χ0) is 32.1. The highest BCUT2D eigenvalue weighted by Gasteiger charge is 2.16. The van der Waals surface area contributed by atoms with E-state index >= 15 is 0 Å². The normalized spacial score (nSPS) is 13.3. The summed E-state index contributed by atoms with van der Waals surface area (Å²) in [6.07, 6.45) is 5.99. The third kappa shape index (κ3) is 7.35. The molecule has 9 heteroatoms. The molecule has 0 amide bonds. The molecule has 0 aliphatic heterocycles. The number of halogens is 1. The van der Waals surface area contributed by atoms with Crippen LogP contribution in [-0.4, -0.2) is 47.9 Å². The average Bonchev–Trinajstić information content (AvgIpc) is 2.94. The number of rotatable bonds is 12. The highest BCUT2D eigenvalue weighted by atomic mass is 35.5. The number of ether oxygens (including phenoxy) is 2. The lowest BCUT2D eigenvalue weighted by Gasteiger charge is -2.16. The van der Waals surface area contributed by atoms with Crippen molar-refractivity contribution in [1.29, 1.82) is 5.26 Å². The van der Waals surface area contributed by atoms with E-state index in [0.29, 0.717) is 34.4 Å². The maximum Gasteiger partial charge on any atom is 0.159 e. The Balaban J connectivity index is 1.71. The summed E-state index contributed by atoms with van der Waals surface area (Å²) in [5.41, 5.74) is 1.97. The summed E-state index contributed by atoms with van der Waals surface area (Å²) in [5, 5.41) is 13.7. The van der Waals surface area contributed by atoms with Crippen LogP contribution in [0, 0.1) is 11.3 Å². The van der Waals surface area contributed by atoms with E-state index in [0.717, 1.165) is 0 Å². The number of hydrogen-bond donors (Lipinski definition) is 1. The number of carbonyl (C=O) groups is 1. The van der Waals surface area contributed by atoms with Gasteiger partial charge in [0.25, 0.3) is 0 Å². The van der Waals surface area contributed by atoms with Crippen LogP contribution in [0.2, 0.25) is 5.02 Å². The Morgan fingerprint density at radius 2 is 2.02 bits per heavy atom. The van der Waals surface area contributed by atoms with Crippen LogP contribution in [0.3, 0.4) is 0 Å². The van der Waals surface area contributed by atoms with E-state index < -0.39 is 13.1 Å². The molecule has 0 saturated heterocycles. The van der Waals surface area contributed by atoms with Crippen LogP contribution >= 0.6 is 11.6 Å². The smallest absolute Gasteiger partial charge is 0.159 e. The average molecular weight is 560 g/mol. The molecule has 0 spiro atoms. The molecule has 0 aliphatic rings. The second-order valence-electron chi connectivity index (χ2n) is 8.94. The first-order valence-corrected chi connectivity index (χ1v) is 12.7. The van der Waals surface area contributed by atoms with Gasteiger partial charge in [-0.05, 0) is 63.5 Å². The molecule has 0 bridgehead atoms. The molecule has 0 aliphatic carbocycles. The molecule has 0 saturated carbocycles. The standard InChI is InChI=1S/C31H30ClN5O3/c1-4-39-30-17-28-26(15-21(30)14-25(38)9-7-13-37(2)3)31(22(18-33)19-35-28)36-23-10-11-29(27(32)16-23)40-20-24-8-5-6-12-34-24/h5-12,15-17,19H,4,13-14,20H2,1-3H3,(H,35,36)/b9-7+/i4D2,20D2. The van der Waals surface area contributed by atoms with E-state index in [1.54, 1.807) is 36.4 Å². The van der Waals surface area contributed by atoms with Gasteiger partial charge in [-0.2, -0.15) is 5.26 Å². The maximum atomic E-state index is 12.8. The zero-order valence-electron chi connectivity index (χ0n) is 26.2. The van der Waals surface area contributed by atoms with E-state index in [1.807, 2.05) is 19.0 Å². The molecule has 2 aromatic carbocycles. The molecule has 2 heterocycles. The molecule has 0 fully saturated rings. The van der Waals surface area contributed by atoms with Gasteiger partial charge in [0, 0.05) is 48.1 Å². The third-order valence-corrected chi connectivity index (χ3v) is 5.95. The van der Waals surface area contributed by atoms with Gasteiger partial charge in [0.05, 0.1) is 39.5 Å². The van der Waals surface area contributed by atoms with Gasteiger partial charge >= 0.3 is 0 Å². The molecular weight excluding hydrogens is 526 g/mol. The third-order valence-electron chi connectivity index (χ3n) is 5.65. The number of nitrogens with one attached hydrogen (secondary N) is 1. The SMILES string of the molecule is [2H]C([2H])(C)Oc1cc2ncc(C#N)c(Nc3ccc(OC([2H])([2H])c4ccccn4)c(Cl)c3)c2cc1CC(=O)/C=C/CN(C)C. The van der Waals surface area contributed by atoms with Gasteiger partial charge in [-0.1, -0.05) is 23.7 Å². The molecule has 0 atom stereocenters. The molecular formula is C31H30ClN5O3. The fourth-order valence-electron chi connectivity index (χ4n) is 3.80. The summed E-state index contributed by atoms with van der Waals surface area (Å²) < 4.78 is 43.5. The lowest BCUT2D eigenvalue weighted by atomic mass is 10.0. The number of fused-ring (bicyclic) bond motifs is 1. The van der Waals surface area contributed by atoms with Crippen LogP contribution in [0.5, 0.6) is 11.5 Å². The first-order chi connectivity index (χ1) is 20.8. The number of anilines is 2. The predicted octanol–water partition coefficient (Wildman–Crippen LogP) is 6.11. The number of benzene rings is 2. The summed E-state index contributed by atoms with van der Waals surface area (Å²) >= 11 is 6.48. The topological polar surface area (TPSA) is 100 Å². The van der Waals surface area contributed by atoms with Gasteiger partial charge in [0.2, 0.25) is 0 Å². The summed E-state index contributed by atoms with van der Waals surface area (Å²) in [6, 6.07) is 14.8. The Morgan fingerprint density at radius 3 is 2.73 bits per heavy atom. The minimum Gasteiger partial charge on any atom is -0.494 e. The van der Waals surface area contributed by atoms with Crippen molar-refractivity contribution in [1.82, 2.24) is 14.9 Å². The van der Waals surface area contributed by atoms with Gasteiger partial charge in [0.15, 0.2) is 5.78 Å². The first kappa shape index (κ1) is 23.4. The van der Waals surface area contributed by atoms with Crippen LogP contribution < -0.4 is 14.8 Å². The number of hydrogen-bond acceptors (Lipinski definition) is 8. The van der Waals surface area contributed by atoms with Crippen molar-refractivity contribution < 1.29 is 19.8 Å². The predicted molar refractivity (Wildman–Crippen MR) is 157 cm³/mol. The lowest BCUT2D eigenvalue weighted by molar-refractivity contribution is -0.114. The van der Waals surface area contributed by atoms with Crippen LogP contribution in [0.1, 0.15) is 29.2 Å².